The number of carbonyl (C=O) groups is 1. The van der Waals surface area contributed by atoms with E-state index in [1.807, 2.05) is 6.92 Å². The highest BCUT2D eigenvalue weighted by Gasteiger charge is 2.35. The van der Waals surface area contributed by atoms with Crippen LogP contribution in [0.5, 0.6) is 0 Å². The van der Waals surface area contributed by atoms with Gasteiger partial charge in [-0.15, -0.1) is 0 Å². The fraction of sp³-hybridized carbons (Fsp3) is 0.500. The van der Waals surface area contributed by atoms with Gasteiger partial charge in [0, 0.05) is 6.54 Å². The van der Waals surface area contributed by atoms with Crippen molar-refractivity contribution >= 4 is 11.6 Å². The zero-order valence-corrected chi connectivity index (χ0v) is 11.5. The van der Waals surface area contributed by atoms with Crippen LogP contribution in [0.15, 0.2) is 18.2 Å². The molecule has 0 spiro atoms. The highest BCUT2D eigenvalue weighted by molar-refractivity contribution is 5.93. The van der Waals surface area contributed by atoms with Crippen LogP contribution in [0.4, 0.5) is 18.9 Å². The van der Waals surface area contributed by atoms with Crippen LogP contribution in [0.2, 0.25) is 0 Å². The molecule has 0 aliphatic carbocycles. The van der Waals surface area contributed by atoms with Crippen molar-refractivity contribution in [2.75, 3.05) is 11.9 Å². The molecule has 7 heteroatoms. The molecule has 0 saturated carbocycles. The maximum Gasteiger partial charge on any atom is 0.418 e. The van der Waals surface area contributed by atoms with E-state index in [4.69, 9.17) is 10.5 Å². The first-order valence-corrected chi connectivity index (χ1v) is 6.64. The third-order valence-corrected chi connectivity index (χ3v) is 3.45. The van der Waals surface area contributed by atoms with Gasteiger partial charge in [0.25, 0.3) is 0 Å². The van der Waals surface area contributed by atoms with Crippen LogP contribution in [-0.2, 0) is 22.3 Å². The number of alkyl halides is 3. The van der Waals surface area contributed by atoms with Crippen molar-refractivity contribution in [1.29, 1.82) is 0 Å². The SMILES string of the molecule is CC1CC(C(=O)Nc2ccc(CN)cc2C(F)(F)F)CO1. The second-order valence-corrected chi connectivity index (χ2v) is 5.15. The van der Waals surface area contributed by atoms with E-state index in [-0.39, 0.29) is 24.9 Å². The lowest BCUT2D eigenvalue weighted by atomic mass is 10.0. The Balaban J connectivity index is 2.21. The van der Waals surface area contributed by atoms with E-state index in [0.717, 1.165) is 6.07 Å². The summed E-state index contributed by atoms with van der Waals surface area (Å²) in [5, 5.41) is 2.35. The largest absolute Gasteiger partial charge is 0.418 e. The highest BCUT2D eigenvalue weighted by Crippen LogP contribution is 2.36. The molecule has 1 amide bonds. The molecule has 4 nitrogen and oxygen atoms in total. The van der Waals surface area contributed by atoms with Crippen molar-refractivity contribution in [3.8, 4) is 0 Å². The average molecular weight is 302 g/mol. The molecule has 1 fully saturated rings. The third kappa shape index (κ3) is 3.74. The van der Waals surface area contributed by atoms with Gasteiger partial charge in [0.1, 0.15) is 0 Å². The zero-order chi connectivity index (χ0) is 15.6. The minimum Gasteiger partial charge on any atom is -0.378 e. The molecule has 1 aromatic rings. The smallest absolute Gasteiger partial charge is 0.378 e. The molecule has 2 atom stereocenters. The second kappa shape index (κ2) is 6.03. The van der Waals surface area contributed by atoms with Gasteiger partial charge in [0.05, 0.1) is 29.9 Å². The first-order chi connectivity index (χ1) is 9.81. The van der Waals surface area contributed by atoms with Gasteiger partial charge < -0.3 is 15.8 Å². The summed E-state index contributed by atoms with van der Waals surface area (Å²) in [6.07, 6.45) is -4.09. The van der Waals surface area contributed by atoms with Gasteiger partial charge in [-0.2, -0.15) is 13.2 Å². The first kappa shape index (κ1) is 15.8. The summed E-state index contributed by atoms with van der Waals surface area (Å²) >= 11 is 0. The Morgan fingerprint density at radius 2 is 2.19 bits per heavy atom. The number of hydrogen-bond acceptors (Lipinski definition) is 3. The topological polar surface area (TPSA) is 64.4 Å². The van der Waals surface area contributed by atoms with Gasteiger partial charge in [-0.25, -0.2) is 0 Å². The normalized spacial score (nSPS) is 22.3. The Hall–Kier alpha value is -1.60. The molecule has 1 aliphatic rings. The maximum absolute atomic E-state index is 13.0. The maximum atomic E-state index is 13.0. The standard InChI is InChI=1S/C14H17F3N2O2/c1-8-4-10(7-21-8)13(20)19-12-3-2-9(6-18)5-11(12)14(15,16)17/h2-3,5,8,10H,4,6-7,18H2,1H3,(H,19,20). The molecule has 0 aromatic heterocycles. The van der Waals surface area contributed by atoms with Gasteiger partial charge in [0.15, 0.2) is 0 Å². The predicted molar refractivity (Wildman–Crippen MR) is 71.5 cm³/mol. The van der Waals surface area contributed by atoms with Crippen LogP contribution in [0.3, 0.4) is 0 Å². The lowest BCUT2D eigenvalue weighted by Crippen LogP contribution is -2.25. The number of carbonyl (C=O) groups excluding carboxylic acids is 1. The van der Waals surface area contributed by atoms with Gasteiger partial charge in [0.2, 0.25) is 5.91 Å². The number of rotatable bonds is 3. The van der Waals surface area contributed by atoms with Gasteiger partial charge in [-0.1, -0.05) is 6.07 Å². The van der Waals surface area contributed by atoms with Crippen molar-refractivity contribution < 1.29 is 22.7 Å². The lowest BCUT2D eigenvalue weighted by Gasteiger charge is -2.16. The van der Waals surface area contributed by atoms with Crippen molar-refractivity contribution in [1.82, 2.24) is 0 Å². The lowest BCUT2D eigenvalue weighted by molar-refractivity contribution is -0.137. The molecule has 1 saturated heterocycles. The molecule has 1 aromatic carbocycles. The number of halogens is 3. The third-order valence-electron chi connectivity index (χ3n) is 3.45. The summed E-state index contributed by atoms with van der Waals surface area (Å²) < 4.78 is 44.4. The van der Waals surface area contributed by atoms with Crippen LogP contribution in [0, 0.1) is 5.92 Å². The van der Waals surface area contributed by atoms with Gasteiger partial charge >= 0.3 is 6.18 Å². The molecule has 21 heavy (non-hydrogen) atoms. The van der Waals surface area contributed by atoms with Gasteiger partial charge in [-0.3, -0.25) is 4.79 Å². The number of nitrogens with one attached hydrogen (secondary N) is 1. The number of hydrogen-bond donors (Lipinski definition) is 2. The van der Waals surface area contributed by atoms with E-state index in [0.29, 0.717) is 12.0 Å². The van der Waals surface area contributed by atoms with E-state index < -0.39 is 23.6 Å². The van der Waals surface area contributed by atoms with Crippen molar-refractivity contribution in [2.45, 2.75) is 32.2 Å². The second-order valence-electron chi connectivity index (χ2n) is 5.15. The molecular weight excluding hydrogens is 285 g/mol. The van der Waals surface area contributed by atoms with Crippen LogP contribution < -0.4 is 11.1 Å². The summed E-state index contributed by atoms with van der Waals surface area (Å²) in [6, 6.07) is 3.67. The van der Waals surface area contributed by atoms with Crippen molar-refractivity contribution in [2.24, 2.45) is 11.7 Å². The molecular formula is C14H17F3N2O2. The molecule has 1 heterocycles. The number of nitrogens with two attached hydrogens (primary N) is 1. The minimum absolute atomic E-state index is 0.00524. The first-order valence-electron chi connectivity index (χ1n) is 6.64. The number of anilines is 1. The quantitative estimate of drug-likeness (QED) is 0.902. The fourth-order valence-corrected chi connectivity index (χ4v) is 2.30. The minimum atomic E-state index is -4.55. The Labute approximate surface area is 120 Å². The predicted octanol–water partition coefficient (Wildman–Crippen LogP) is 2.53. The van der Waals surface area contributed by atoms with Crippen LogP contribution in [0.1, 0.15) is 24.5 Å². The fourth-order valence-electron chi connectivity index (χ4n) is 2.30. The Morgan fingerprint density at radius 1 is 1.48 bits per heavy atom. The number of ether oxygens (including phenoxy) is 1. The molecule has 2 rings (SSSR count). The monoisotopic (exact) mass is 302 g/mol. The average Bonchev–Trinajstić information content (AvgIpc) is 2.84. The summed E-state index contributed by atoms with van der Waals surface area (Å²) in [7, 11) is 0. The summed E-state index contributed by atoms with van der Waals surface area (Å²) in [5.74, 6) is -0.874. The molecule has 0 bridgehead atoms. The van der Waals surface area contributed by atoms with E-state index >= 15 is 0 Å². The van der Waals surface area contributed by atoms with E-state index in [9.17, 15) is 18.0 Å². The Morgan fingerprint density at radius 3 is 2.71 bits per heavy atom. The van der Waals surface area contributed by atoms with Crippen LogP contribution in [0.25, 0.3) is 0 Å². The number of benzene rings is 1. The zero-order valence-electron chi connectivity index (χ0n) is 11.5. The summed E-state index contributed by atoms with van der Waals surface area (Å²) in [4.78, 5) is 12.0. The Bertz CT molecular complexity index is 531. The summed E-state index contributed by atoms with van der Waals surface area (Å²) in [5.41, 5.74) is 4.59. The van der Waals surface area contributed by atoms with E-state index in [1.54, 1.807) is 0 Å². The highest BCUT2D eigenvalue weighted by atomic mass is 19.4. The summed E-state index contributed by atoms with van der Waals surface area (Å²) in [6.45, 7) is 2.06. The number of amides is 1. The van der Waals surface area contributed by atoms with Crippen molar-refractivity contribution in [3.05, 3.63) is 29.3 Å². The molecule has 116 valence electrons. The molecule has 1 aliphatic heterocycles. The van der Waals surface area contributed by atoms with Crippen LogP contribution in [-0.4, -0.2) is 18.6 Å². The van der Waals surface area contributed by atoms with E-state index in [1.165, 1.54) is 12.1 Å². The molecule has 3 N–H and O–H groups in total. The van der Waals surface area contributed by atoms with E-state index in [2.05, 4.69) is 5.32 Å². The van der Waals surface area contributed by atoms with Crippen molar-refractivity contribution in [3.63, 3.8) is 0 Å². The van der Waals surface area contributed by atoms with Gasteiger partial charge in [-0.05, 0) is 31.0 Å². The Kier molecular flexibility index (Phi) is 4.53. The molecule has 2 unspecified atom stereocenters. The van der Waals surface area contributed by atoms with Crippen LogP contribution >= 0.6 is 0 Å². The molecule has 0 radical (unpaired) electrons.